The second-order valence-electron chi connectivity index (χ2n) is 6.80. The Hall–Kier alpha value is -2.47. The minimum absolute atomic E-state index is 0.206. The number of fused-ring (bicyclic) bond motifs is 2. The molecule has 0 saturated heterocycles. The van der Waals surface area contributed by atoms with Gasteiger partial charge in [-0.2, -0.15) is 0 Å². The zero-order valence-corrected chi connectivity index (χ0v) is 15.6. The van der Waals surface area contributed by atoms with Crippen LogP contribution in [0, 0.1) is 0 Å². The summed E-state index contributed by atoms with van der Waals surface area (Å²) in [6.45, 7) is 0. The maximum atomic E-state index is 12.7. The molecule has 1 fully saturated rings. The van der Waals surface area contributed by atoms with Crippen molar-refractivity contribution in [2.24, 2.45) is 0 Å². The Balaban J connectivity index is 1.40. The number of para-hydroxylation sites is 1. The lowest BCUT2D eigenvalue weighted by Crippen LogP contribution is -2.34. The number of benzene rings is 2. The van der Waals surface area contributed by atoms with Gasteiger partial charge in [-0.05, 0) is 47.0 Å². The standard InChI is InChI=1S/C20H17BrN2O3/c21-17-13-5-1-2-6-14(13)23-18(17)19(24)22-12-7-8-15-16(11-12)26-20(25-15)9-3-4-10-20/h1-2,5-8,11,23H,3-4,9-10H2,(H,22,24). The van der Waals surface area contributed by atoms with Gasteiger partial charge in [0, 0.05) is 35.5 Å². The predicted molar refractivity (Wildman–Crippen MR) is 103 cm³/mol. The fourth-order valence-corrected chi connectivity index (χ4v) is 4.37. The fourth-order valence-electron chi connectivity index (χ4n) is 3.75. The molecule has 0 unspecified atom stereocenters. The minimum atomic E-state index is -0.495. The summed E-state index contributed by atoms with van der Waals surface area (Å²) in [5.41, 5.74) is 2.09. The molecule has 2 N–H and O–H groups in total. The first-order valence-corrected chi connectivity index (χ1v) is 9.53. The van der Waals surface area contributed by atoms with E-state index in [1.165, 1.54) is 0 Å². The summed E-state index contributed by atoms with van der Waals surface area (Å²) in [7, 11) is 0. The maximum Gasteiger partial charge on any atom is 0.273 e. The van der Waals surface area contributed by atoms with Crippen molar-refractivity contribution < 1.29 is 14.3 Å². The van der Waals surface area contributed by atoms with Gasteiger partial charge in [0.05, 0.1) is 4.47 Å². The molecule has 26 heavy (non-hydrogen) atoms. The summed E-state index contributed by atoms with van der Waals surface area (Å²) in [6, 6.07) is 13.3. The largest absolute Gasteiger partial charge is 0.448 e. The fraction of sp³-hybridized carbons (Fsp3) is 0.250. The molecular formula is C20H17BrN2O3. The number of rotatable bonds is 2. The summed E-state index contributed by atoms with van der Waals surface area (Å²) in [4.78, 5) is 15.9. The van der Waals surface area contributed by atoms with Crippen LogP contribution in [-0.4, -0.2) is 16.7 Å². The number of hydrogen-bond acceptors (Lipinski definition) is 3. The Kier molecular flexibility index (Phi) is 3.50. The quantitative estimate of drug-likeness (QED) is 0.605. The van der Waals surface area contributed by atoms with E-state index in [4.69, 9.17) is 9.47 Å². The first kappa shape index (κ1) is 15.8. The van der Waals surface area contributed by atoms with E-state index in [0.29, 0.717) is 17.1 Å². The molecule has 0 radical (unpaired) electrons. The zero-order chi connectivity index (χ0) is 17.7. The van der Waals surface area contributed by atoms with Crippen molar-refractivity contribution >= 4 is 38.4 Å². The van der Waals surface area contributed by atoms with Crippen LogP contribution in [0.15, 0.2) is 46.9 Å². The molecule has 0 bridgehead atoms. The van der Waals surface area contributed by atoms with Crippen molar-refractivity contribution in [2.75, 3.05) is 5.32 Å². The lowest BCUT2D eigenvalue weighted by molar-refractivity contribution is -0.0716. The third-order valence-electron chi connectivity index (χ3n) is 5.03. The number of carbonyl (C=O) groups excluding carboxylic acids is 1. The van der Waals surface area contributed by atoms with Crippen molar-refractivity contribution in [2.45, 2.75) is 31.5 Å². The van der Waals surface area contributed by atoms with Gasteiger partial charge in [-0.1, -0.05) is 18.2 Å². The molecule has 1 amide bonds. The Bertz CT molecular complexity index is 1020. The SMILES string of the molecule is O=C(Nc1ccc2c(c1)OC1(CCCC1)O2)c1[nH]c2ccccc2c1Br. The molecule has 1 spiro atoms. The van der Waals surface area contributed by atoms with Gasteiger partial charge < -0.3 is 19.8 Å². The van der Waals surface area contributed by atoms with Crippen molar-refractivity contribution in [1.82, 2.24) is 4.98 Å². The van der Waals surface area contributed by atoms with Crippen LogP contribution in [0.4, 0.5) is 5.69 Å². The van der Waals surface area contributed by atoms with Crippen LogP contribution in [-0.2, 0) is 0 Å². The molecule has 1 aliphatic heterocycles. The van der Waals surface area contributed by atoms with Gasteiger partial charge in [0.1, 0.15) is 5.69 Å². The van der Waals surface area contributed by atoms with Crippen LogP contribution in [0.25, 0.3) is 10.9 Å². The lowest BCUT2D eigenvalue weighted by atomic mass is 10.2. The highest BCUT2D eigenvalue weighted by atomic mass is 79.9. The molecule has 132 valence electrons. The molecule has 6 heteroatoms. The number of anilines is 1. The van der Waals surface area contributed by atoms with Crippen molar-refractivity contribution in [3.05, 3.63) is 52.6 Å². The number of nitrogens with one attached hydrogen (secondary N) is 2. The average Bonchev–Trinajstić information content (AvgIpc) is 3.33. The van der Waals surface area contributed by atoms with E-state index in [2.05, 4.69) is 26.2 Å². The third-order valence-corrected chi connectivity index (χ3v) is 5.85. The van der Waals surface area contributed by atoms with E-state index < -0.39 is 5.79 Å². The first-order valence-electron chi connectivity index (χ1n) is 8.73. The van der Waals surface area contributed by atoms with E-state index in [-0.39, 0.29) is 5.91 Å². The number of hydrogen-bond donors (Lipinski definition) is 2. The summed E-state index contributed by atoms with van der Waals surface area (Å²) >= 11 is 3.52. The van der Waals surface area contributed by atoms with Gasteiger partial charge in [-0.3, -0.25) is 4.79 Å². The summed E-state index contributed by atoms with van der Waals surface area (Å²) in [5, 5.41) is 3.91. The van der Waals surface area contributed by atoms with Gasteiger partial charge in [0.25, 0.3) is 11.7 Å². The maximum absolute atomic E-state index is 12.7. The van der Waals surface area contributed by atoms with Crippen LogP contribution in [0.5, 0.6) is 11.5 Å². The Labute approximate surface area is 158 Å². The molecule has 2 aliphatic rings. The number of ether oxygens (including phenoxy) is 2. The van der Waals surface area contributed by atoms with Crippen LogP contribution < -0.4 is 14.8 Å². The number of aromatic amines is 1. The molecule has 1 saturated carbocycles. The monoisotopic (exact) mass is 412 g/mol. The van der Waals surface area contributed by atoms with Gasteiger partial charge >= 0.3 is 0 Å². The zero-order valence-electron chi connectivity index (χ0n) is 14.0. The van der Waals surface area contributed by atoms with Gasteiger partial charge in [0.2, 0.25) is 0 Å². The molecule has 1 aliphatic carbocycles. The van der Waals surface area contributed by atoms with Crippen LogP contribution >= 0.6 is 15.9 Å². The topological polar surface area (TPSA) is 63.4 Å². The third kappa shape index (κ3) is 2.48. The molecule has 2 aromatic carbocycles. The number of carbonyl (C=O) groups is 1. The molecule has 3 aromatic rings. The van der Waals surface area contributed by atoms with Gasteiger partial charge in [0.15, 0.2) is 11.5 Å². The van der Waals surface area contributed by atoms with Crippen molar-refractivity contribution in [3.63, 3.8) is 0 Å². The average molecular weight is 413 g/mol. The number of H-pyrrole nitrogens is 1. The highest BCUT2D eigenvalue weighted by Crippen LogP contribution is 2.47. The van der Waals surface area contributed by atoms with Crippen molar-refractivity contribution in [1.29, 1.82) is 0 Å². The molecule has 5 nitrogen and oxygen atoms in total. The first-order chi connectivity index (χ1) is 12.6. The summed E-state index contributed by atoms with van der Waals surface area (Å²) in [6.07, 6.45) is 4.05. The molecule has 2 heterocycles. The van der Waals surface area contributed by atoms with E-state index >= 15 is 0 Å². The van der Waals surface area contributed by atoms with Crippen molar-refractivity contribution in [3.8, 4) is 11.5 Å². The Morgan fingerprint density at radius 1 is 1.08 bits per heavy atom. The lowest BCUT2D eigenvalue weighted by Gasteiger charge is -2.21. The van der Waals surface area contributed by atoms with E-state index in [0.717, 1.165) is 46.8 Å². The Morgan fingerprint density at radius 3 is 2.65 bits per heavy atom. The number of amides is 1. The van der Waals surface area contributed by atoms with E-state index in [9.17, 15) is 4.79 Å². The molecule has 5 rings (SSSR count). The second-order valence-corrected chi connectivity index (χ2v) is 7.59. The predicted octanol–water partition coefficient (Wildman–Crippen LogP) is 5.22. The molecular weight excluding hydrogens is 396 g/mol. The van der Waals surface area contributed by atoms with E-state index in [1.807, 2.05) is 42.5 Å². The van der Waals surface area contributed by atoms with Gasteiger partial charge in [-0.25, -0.2) is 0 Å². The normalized spacial score (nSPS) is 17.1. The molecule has 1 aromatic heterocycles. The van der Waals surface area contributed by atoms with Crippen LogP contribution in [0.1, 0.15) is 36.2 Å². The number of halogens is 1. The highest BCUT2D eigenvalue weighted by Gasteiger charge is 2.44. The van der Waals surface area contributed by atoms with E-state index in [1.54, 1.807) is 0 Å². The summed E-state index contributed by atoms with van der Waals surface area (Å²) in [5.74, 6) is 0.741. The molecule has 0 atom stereocenters. The van der Waals surface area contributed by atoms with Crippen LogP contribution in [0.2, 0.25) is 0 Å². The highest BCUT2D eigenvalue weighted by molar-refractivity contribution is 9.10. The van der Waals surface area contributed by atoms with Crippen LogP contribution in [0.3, 0.4) is 0 Å². The smallest absolute Gasteiger partial charge is 0.273 e. The second kappa shape index (κ2) is 5.77. The van der Waals surface area contributed by atoms with Gasteiger partial charge in [-0.15, -0.1) is 0 Å². The summed E-state index contributed by atoms with van der Waals surface area (Å²) < 4.78 is 12.8. The Morgan fingerprint density at radius 2 is 1.85 bits per heavy atom. The minimum Gasteiger partial charge on any atom is -0.448 e. The number of aromatic nitrogens is 1.